The minimum Gasteiger partial charge on any atom is -0.370 e. The van der Waals surface area contributed by atoms with Gasteiger partial charge in [0.25, 0.3) is 0 Å². The van der Waals surface area contributed by atoms with Crippen molar-refractivity contribution in [2.75, 3.05) is 13.7 Å². The number of ether oxygens (including phenoxy) is 1. The van der Waals surface area contributed by atoms with E-state index in [1.165, 1.54) is 12.8 Å². The molecule has 2 rings (SSSR count). The molecule has 0 atom stereocenters. The van der Waals surface area contributed by atoms with Gasteiger partial charge in [0, 0.05) is 31.6 Å². The predicted octanol–water partition coefficient (Wildman–Crippen LogP) is 3.03. The maximum atomic E-state index is 5.81. The minimum absolute atomic E-state index is 0.262. The molecule has 1 aliphatic rings. The van der Waals surface area contributed by atoms with Crippen LogP contribution >= 0.6 is 0 Å². The van der Waals surface area contributed by atoms with Crippen LogP contribution in [0.2, 0.25) is 0 Å². The quantitative estimate of drug-likeness (QED) is 0.812. The van der Waals surface area contributed by atoms with Crippen molar-refractivity contribution >= 4 is 0 Å². The number of hydrogen-bond donors (Lipinski definition) is 1. The molecule has 1 aromatic rings. The fourth-order valence-electron chi connectivity index (χ4n) is 2.84. The van der Waals surface area contributed by atoms with Crippen LogP contribution in [0.25, 0.3) is 0 Å². The van der Waals surface area contributed by atoms with Gasteiger partial charge in [0.1, 0.15) is 5.60 Å². The van der Waals surface area contributed by atoms with Crippen molar-refractivity contribution in [1.82, 2.24) is 15.3 Å². The van der Waals surface area contributed by atoms with Crippen LogP contribution in [0.4, 0.5) is 0 Å². The SMILES string of the molecule is CCCNCc1cnc(C2(OC)CCC(C)CC2)nc1. The molecule has 20 heavy (non-hydrogen) atoms. The third kappa shape index (κ3) is 3.55. The lowest BCUT2D eigenvalue weighted by molar-refractivity contribution is -0.0597. The summed E-state index contributed by atoms with van der Waals surface area (Å²) in [4.78, 5) is 9.15. The first-order chi connectivity index (χ1) is 9.70. The molecule has 112 valence electrons. The molecule has 1 heterocycles. The van der Waals surface area contributed by atoms with Crippen molar-refractivity contribution in [2.45, 2.75) is 58.1 Å². The van der Waals surface area contributed by atoms with Gasteiger partial charge in [-0.3, -0.25) is 0 Å². The Balaban J connectivity index is 2.03. The molecule has 0 aliphatic heterocycles. The highest BCUT2D eigenvalue weighted by molar-refractivity contribution is 5.10. The van der Waals surface area contributed by atoms with E-state index in [9.17, 15) is 0 Å². The van der Waals surface area contributed by atoms with Crippen molar-refractivity contribution in [1.29, 1.82) is 0 Å². The molecule has 0 saturated heterocycles. The molecule has 0 amide bonds. The number of rotatable bonds is 6. The Kier molecular flexibility index (Phi) is 5.49. The Hall–Kier alpha value is -1.00. The van der Waals surface area contributed by atoms with Crippen molar-refractivity contribution in [3.05, 3.63) is 23.8 Å². The topological polar surface area (TPSA) is 47.0 Å². The van der Waals surface area contributed by atoms with E-state index in [1.54, 1.807) is 7.11 Å². The van der Waals surface area contributed by atoms with Crippen LogP contribution in [0, 0.1) is 5.92 Å². The molecule has 0 spiro atoms. The highest BCUT2D eigenvalue weighted by atomic mass is 16.5. The lowest BCUT2D eigenvalue weighted by atomic mass is 9.79. The normalized spacial score (nSPS) is 26.6. The number of nitrogens with zero attached hydrogens (tertiary/aromatic N) is 2. The monoisotopic (exact) mass is 277 g/mol. The summed E-state index contributed by atoms with van der Waals surface area (Å²) in [5, 5.41) is 3.37. The number of hydrogen-bond acceptors (Lipinski definition) is 4. The average molecular weight is 277 g/mol. The zero-order valence-electron chi connectivity index (χ0n) is 13.0. The van der Waals surface area contributed by atoms with E-state index in [1.807, 2.05) is 12.4 Å². The van der Waals surface area contributed by atoms with Gasteiger partial charge in [-0.25, -0.2) is 9.97 Å². The zero-order chi connectivity index (χ0) is 14.4. The third-order valence-electron chi connectivity index (χ3n) is 4.34. The fourth-order valence-corrected chi connectivity index (χ4v) is 2.84. The molecular weight excluding hydrogens is 250 g/mol. The highest BCUT2D eigenvalue weighted by Crippen LogP contribution is 2.40. The maximum Gasteiger partial charge on any atom is 0.160 e. The summed E-state index contributed by atoms with van der Waals surface area (Å²) in [6, 6.07) is 0. The van der Waals surface area contributed by atoms with Gasteiger partial charge in [0.05, 0.1) is 0 Å². The molecule has 4 heteroatoms. The van der Waals surface area contributed by atoms with Gasteiger partial charge in [-0.2, -0.15) is 0 Å². The minimum atomic E-state index is -0.262. The number of methoxy groups -OCH3 is 1. The molecule has 1 aliphatic carbocycles. The zero-order valence-corrected chi connectivity index (χ0v) is 13.0. The molecule has 0 unspecified atom stereocenters. The summed E-state index contributed by atoms with van der Waals surface area (Å²) in [5.74, 6) is 1.64. The maximum absolute atomic E-state index is 5.81. The van der Waals surface area contributed by atoms with E-state index in [0.717, 1.165) is 49.7 Å². The molecule has 4 nitrogen and oxygen atoms in total. The van der Waals surface area contributed by atoms with Crippen molar-refractivity contribution < 1.29 is 4.74 Å². The summed E-state index contributed by atoms with van der Waals surface area (Å²) in [6.07, 6.45) is 9.45. The van der Waals surface area contributed by atoms with Crippen LogP contribution in [0.3, 0.4) is 0 Å². The molecule has 1 fully saturated rings. The van der Waals surface area contributed by atoms with Gasteiger partial charge in [0.2, 0.25) is 0 Å². The van der Waals surface area contributed by atoms with E-state index in [4.69, 9.17) is 4.74 Å². The molecule has 0 aromatic carbocycles. The summed E-state index contributed by atoms with van der Waals surface area (Å²) in [7, 11) is 1.79. The highest BCUT2D eigenvalue weighted by Gasteiger charge is 2.38. The van der Waals surface area contributed by atoms with E-state index >= 15 is 0 Å². The Labute approximate surface area is 122 Å². The second-order valence-corrected chi connectivity index (χ2v) is 5.97. The van der Waals surface area contributed by atoms with Gasteiger partial charge in [-0.05, 0) is 44.6 Å². The van der Waals surface area contributed by atoms with E-state index in [-0.39, 0.29) is 5.60 Å². The molecule has 1 aromatic heterocycles. The molecule has 0 radical (unpaired) electrons. The van der Waals surface area contributed by atoms with Crippen molar-refractivity contribution in [2.24, 2.45) is 5.92 Å². The van der Waals surface area contributed by atoms with E-state index in [2.05, 4.69) is 29.1 Å². The first-order valence-corrected chi connectivity index (χ1v) is 7.77. The second-order valence-electron chi connectivity index (χ2n) is 5.97. The largest absolute Gasteiger partial charge is 0.370 e. The molecule has 0 bridgehead atoms. The lowest BCUT2D eigenvalue weighted by Gasteiger charge is -2.36. The van der Waals surface area contributed by atoms with Crippen LogP contribution in [0.1, 0.15) is 57.3 Å². The summed E-state index contributed by atoms with van der Waals surface area (Å²) in [5.41, 5.74) is 0.875. The summed E-state index contributed by atoms with van der Waals surface area (Å²) in [6.45, 7) is 6.34. The Bertz CT molecular complexity index is 397. The van der Waals surface area contributed by atoms with Gasteiger partial charge < -0.3 is 10.1 Å². The van der Waals surface area contributed by atoms with E-state index < -0.39 is 0 Å². The predicted molar refractivity (Wildman–Crippen MR) is 80.3 cm³/mol. The first kappa shape index (κ1) is 15.4. The summed E-state index contributed by atoms with van der Waals surface area (Å²) >= 11 is 0. The van der Waals surface area contributed by atoms with Crippen LogP contribution in [-0.2, 0) is 16.9 Å². The Morgan fingerprint density at radius 2 is 1.95 bits per heavy atom. The molecular formula is C16H27N3O. The Morgan fingerprint density at radius 3 is 2.50 bits per heavy atom. The third-order valence-corrected chi connectivity index (χ3v) is 4.34. The first-order valence-electron chi connectivity index (χ1n) is 7.77. The molecule has 1 N–H and O–H groups in total. The van der Waals surface area contributed by atoms with Crippen LogP contribution in [0.5, 0.6) is 0 Å². The lowest BCUT2D eigenvalue weighted by Crippen LogP contribution is -2.35. The van der Waals surface area contributed by atoms with Crippen LogP contribution < -0.4 is 5.32 Å². The van der Waals surface area contributed by atoms with Gasteiger partial charge in [0.15, 0.2) is 5.82 Å². The number of nitrogens with one attached hydrogen (secondary N) is 1. The van der Waals surface area contributed by atoms with Gasteiger partial charge in [-0.15, -0.1) is 0 Å². The number of aromatic nitrogens is 2. The smallest absolute Gasteiger partial charge is 0.160 e. The summed E-state index contributed by atoms with van der Waals surface area (Å²) < 4.78 is 5.81. The van der Waals surface area contributed by atoms with Gasteiger partial charge >= 0.3 is 0 Å². The van der Waals surface area contributed by atoms with E-state index in [0.29, 0.717) is 0 Å². The molecule has 1 saturated carbocycles. The fraction of sp³-hybridized carbons (Fsp3) is 0.750. The standard InChI is InChI=1S/C16H27N3O/c1-4-9-17-10-14-11-18-15(19-12-14)16(20-3)7-5-13(2)6-8-16/h11-13,17H,4-10H2,1-3H3. The van der Waals surface area contributed by atoms with Crippen molar-refractivity contribution in [3.8, 4) is 0 Å². The average Bonchev–Trinajstić information content (AvgIpc) is 2.50. The Morgan fingerprint density at radius 1 is 1.30 bits per heavy atom. The van der Waals surface area contributed by atoms with Crippen LogP contribution in [-0.4, -0.2) is 23.6 Å². The van der Waals surface area contributed by atoms with Crippen LogP contribution in [0.15, 0.2) is 12.4 Å². The second kappa shape index (κ2) is 7.14. The van der Waals surface area contributed by atoms with Crippen molar-refractivity contribution in [3.63, 3.8) is 0 Å². The van der Waals surface area contributed by atoms with Gasteiger partial charge in [-0.1, -0.05) is 13.8 Å².